The van der Waals surface area contributed by atoms with Crippen molar-refractivity contribution in [3.63, 3.8) is 0 Å². The molecule has 0 spiro atoms. The Bertz CT molecular complexity index is 940. The van der Waals surface area contributed by atoms with Gasteiger partial charge in [-0.25, -0.2) is 0 Å². The zero-order chi connectivity index (χ0) is 21.5. The highest BCUT2D eigenvalue weighted by Crippen LogP contribution is 2.29. The standard InChI is InChI=1S/C25H26O6/c1-18(30-20-7-3-2-4-8-20)24(25(26)22-17-27-15-16-28-22)19-10-12-21(13-11-19)31-23-9-5-6-14-29-23/h2-4,7-8,10-13,17,23H,5-6,9,14-16H2,1H3/b24-18-. The number of Topliss-reactive ketones (excluding diaryl/α,β-unsaturated/α-hetero) is 1. The molecule has 0 aliphatic carbocycles. The molecule has 6 nitrogen and oxygen atoms in total. The van der Waals surface area contributed by atoms with E-state index in [1.165, 1.54) is 6.26 Å². The highest BCUT2D eigenvalue weighted by molar-refractivity contribution is 6.28. The summed E-state index contributed by atoms with van der Waals surface area (Å²) < 4.78 is 28.3. The Morgan fingerprint density at radius 1 is 0.935 bits per heavy atom. The molecule has 2 aliphatic rings. The monoisotopic (exact) mass is 422 g/mol. The SMILES string of the molecule is C/C(Oc1ccccc1)=C(/C(=O)C1=COCCO1)c1ccc(OC2CCCCO2)cc1. The lowest BCUT2D eigenvalue weighted by atomic mass is 9.99. The minimum atomic E-state index is -0.294. The molecule has 0 radical (unpaired) electrons. The molecule has 0 saturated carbocycles. The smallest absolute Gasteiger partial charge is 0.234 e. The maximum absolute atomic E-state index is 13.3. The van der Waals surface area contributed by atoms with Gasteiger partial charge in [-0.2, -0.15) is 0 Å². The number of allylic oxidation sites excluding steroid dienone is 2. The zero-order valence-electron chi connectivity index (χ0n) is 17.5. The fourth-order valence-electron chi connectivity index (χ4n) is 3.48. The number of carbonyl (C=O) groups excluding carboxylic acids is 1. The van der Waals surface area contributed by atoms with Crippen molar-refractivity contribution >= 4 is 11.4 Å². The molecule has 2 aliphatic heterocycles. The maximum Gasteiger partial charge on any atom is 0.234 e. The predicted octanol–water partition coefficient (Wildman–Crippen LogP) is 4.86. The summed E-state index contributed by atoms with van der Waals surface area (Å²) in [5.41, 5.74) is 1.10. The molecule has 0 aromatic heterocycles. The van der Waals surface area contributed by atoms with Crippen LogP contribution in [0.3, 0.4) is 0 Å². The quantitative estimate of drug-likeness (QED) is 0.469. The third-order valence-corrected chi connectivity index (χ3v) is 5.01. The number of hydrogen-bond donors (Lipinski definition) is 0. The van der Waals surface area contributed by atoms with Crippen LogP contribution in [0, 0.1) is 0 Å². The zero-order valence-corrected chi connectivity index (χ0v) is 17.5. The molecule has 1 saturated heterocycles. The van der Waals surface area contributed by atoms with E-state index >= 15 is 0 Å². The molecule has 31 heavy (non-hydrogen) atoms. The van der Waals surface area contributed by atoms with Crippen molar-refractivity contribution in [3.8, 4) is 11.5 Å². The third kappa shape index (κ3) is 5.47. The summed E-state index contributed by atoms with van der Waals surface area (Å²) in [5.74, 6) is 1.68. The van der Waals surface area contributed by atoms with Crippen molar-refractivity contribution in [2.45, 2.75) is 32.5 Å². The molecule has 1 atom stereocenters. The first-order chi connectivity index (χ1) is 15.2. The molecule has 0 bridgehead atoms. The van der Waals surface area contributed by atoms with E-state index in [1.54, 1.807) is 6.92 Å². The van der Waals surface area contributed by atoms with Gasteiger partial charge in [-0.15, -0.1) is 0 Å². The molecule has 6 heteroatoms. The lowest BCUT2D eigenvalue weighted by molar-refractivity contribution is -0.115. The van der Waals surface area contributed by atoms with Gasteiger partial charge in [-0.3, -0.25) is 4.79 Å². The van der Waals surface area contributed by atoms with Crippen LogP contribution in [-0.4, -0.2) is 31.9 Å². The molecule has 1 fully saturated rings. The van der Waals surface area contributed by atoms with E-state index in [-0.39, 0.29) is 17.8 Å². The van der Waals surface area contributed by atoms with Gasteiger partial charge in [0.1, 0.15) is 36.7 Å². The number of ketones is 1. The van der Waals surface area contributed by atoms with E-state index < -0.39 is 0 Å². The average molecular weight is 422 g/mol. The minimum absolute atomic E-state index is 0.160. The maximum atomic E-state index is 13.3. The van der Waals surface area contributed by atoms with Gasteiger partial charge in [-0.05, 0) is 49.6 Å². The minimum Gasteiger partial charge on any atom is -0.494 e. The van der Waals surface area contributed by atoms with E-state index in [1.807, 2.05) is 54.6 Å². The first kappa shape index (κ1) is 21.0. The lowest BCUT2D eigenvalue weighted by Crippen LogP contribution is -2.24. The van der Waals surface area contributed by atoms with Gasteiger partial charge in [0.15, 0.2) is 6.29 Å². The van der Waals surface area contributed by atoms with E-state index in [9.17, 15) is 4.79 Å². The first-order valence-corrected chi connectivity index (χ1v) is 10.5. The summed E-state index contributed by atoms with van der Waals surface area (Å²) >= 11 is 0. The summed E-state index contributed by atoms with van der Waals surface area (Å²) in [7, 11) is 0. The third-order valence-electron chi connectivity index (χ3n) is 5.01. The van der Waals surface area contributed by atoms with Gasteiger partial charge >= 0.3 is 0 Å². The summed E-state index contributed by atoms with van der Waals surface area (Å²) in [5, 5.41) is 0. The van der Waals surface area contributed by atoms with Crippen molar-refractivity contribution in [1.29, 1.82) is 0 Å². The van der Waals surface area contributed by atoms with E-state index in [0.717, 1.165) is 25.9 Å². The van der Waals surface area contributed by atoms with Crippen LogP contribution in [0.1, 0.15) is 31.7 Å². The summed E-state index contributed by atoms with van der Waals surface area (Å²) in [6.45, 7) is 3.24. The van der Waals surface area contributed by atoms with Crippen molar-refractivity contribution < 1.29 is 28.5 Å². The molecule has 2 aromatic carbocycles. The average Bonchev–Trinajstić information content (AvgIpc) is 2.82. The number of hydrogen-bond acceptors (Lipinski definition) is 6. The van der Waals surface area contributed by atoms with Gasteiger partial charge in [0, 0.05) is 6.42 Å². The normalized spacial score (nSPS) is 19.3. The van der Waals surface area contributed by atoms with Crippen LogP contribution < -0.4 is 9.47 Å². The lowest BCUT2D eigenvalue weighted by Gasteiger charge is -2.23. The predicted molar refractivity (Wildman–Crippen MR) is 115 cm³/mol. The van der Waals surface area contributed by atoms with Crippen LogP contribution in [0.15, 0.2) is 72.4 Å². The summed E-state index contributed by atoms with van der Waals surface area (Å²) in [6, 6.07) is 16.7. The highest BCUT2D eigenvalue weighted by atomic mass is 16.7. The van der Waals surface area contributed by atoms with Gasteiger partial charge in [0.25, 0.3) is 0 Å². The highest BCUT2D eigenvalue weighted by Gasteiger charge is 2.25. The molecule has 162 valence electrons. The molecule has 2 heterocycles. The van der Waals surface area contributed by atoms with Gasteiger partial charge in [-0.1, -0.05) is 30.3 Å². The Kier molecular flexibility index (Phi) is 6.89. The van der Waals surface area contributed by atoms with Crippen LogP contribution >= 0.6 is 0 Å². The molecular weight excluding hydrogens is 396 g/mol. The van der Waals surface area contributed by atoms with Crippen molar-refractivity contribution in [3.05, 3.63) is 77.9 Å². The first-order valence-electron chi connectivity index (χ1n) is 10.5. The Hall–Kier alpha value is -3.25. The van der Waals surface area contributed by atoms with E-state index in [2.05, 4.69) is 0 Å². The number of benzene rings is 2. The van der Waals surface area contributed by atoms with Gasteiger partial charge in [0.05, 0.1) is 12.2 Å². The number of rotatable bonds is 7. The Morgan fingerprint density at radius 2 is 1.74 bits per heavy atom. The second-order valence-electron chi connectivity index (χ2n) is 7.32. The van der Waals surface area contributed by atoms with Gasteiger partial charge in [0.2, 0.25) is 11.5 Å². The molecule has 4 rings (SSSR count). The topological polar surface area (TPSA) is 63.2 Å². The Morgan fingerprint density at radius 3 is 2.42 bits per heavy atom. The fourth-order valence-corrected chi connectivity index (χ4v) is 3.48. The van der Waals surface area contributed by atoms with Crippen LogP contribution in [0.5, 0.6) is 11.5 Å². The number of para-hydroxylation sites is 1. The Labute approximate surface area is 182 Å². The van der Waals surface area contributed by atoms with E-state index in [0.29, 0.717) is 41.6 Å². The number of carbonyl (C=O) groups is 1. The van der Waals surface area contributed by atoms with Crippen LogP contribution in [-0.2, 0) is 19.0 Å². The van der Waals surface area contributed by atoms with Crippen LogP contribution in [0.25, 0.3) is 5.57 Å². The largest absolute Gasteiger partial charge is 0.494 e. The Balaban J connectivity index is 1.60. The fraction of sp³-hybridized carbons (Fsp3) is 0.320. The molecule has 2 aromatic rings. The molecular formula is C25H26O6. The second kappa shape index (κ2) is 10.2. The second-order valence-corrected chi connectivity index (χ2v) is 7.32. The van der Waals surface area contributed by atoms with Crippen molar-refractivity contribution in [2.24, 2.45) is 0 Å². The van der Waals surface area contributed by atoms with E-state index in [4.69, 9.17) is 23.7 Å². The number of ether oxygens (including phenoxy) is 5. The molecule has 0 amide bonds. The molecule has 1 unspecified atom stereocenters. The summed E-state index contributed by atoms with van der Waals surface area (Å²) in [6.07, 6.45) is 4.17. The van der Waals surface area contributed by atoms with Gasteiger partial charge < -0.3 is 23.7 Å². The molecule has 0 N–H and O–H groups in total. The van der Waals surface area contributed by atoms with Crippen molar-refractivity contribution in [1.82, 2.24) is 0 Å². The summed E-state index contributed by atoms with van der Waals surface area (Å²) in [4.78, 5) is 13.3. The van der Waals surface area contributed by atoms with Crippen molar-refractivity contribution in [2.75, 3.05) is 19.8 Å². The van der Waals surface area contributed by atoms with Crippen LogP contribution in [0.4, 0.5) is 0 Å². The van der Waals surface area contributed by atoms with Crippen LogP contribution in [0.2, 0.25) is 0 Å².